The van der Waals surface area contributed by atoms with E-state index in [-0.39, 0.29) is 18.4 Å². The van der Waals surface area contributed by atoms with E-state index in [0.717, 1.165) is 49.6 Å². The first-order valence-electron chi connectivity index (χ1n) is 14.5. The zero-order valence-electron chi connectivity index (χ0n) is 23.3. The lowest BCUT2D eigenvalue weighted by Gasteiger charge is -2.28. The number of benzene rings is 3. The van der Waals surface area contributed by atoms with E-state index < -0.39 is 32.7 Å². The summed E-state index contributed by atoms with van der Waals surface area (Å²) in [5.41, 5.74) is 2.97. The predicted octanol–water partition coefficient (Wildman–Crippen LogP) is 6.34. The lowest BCUT2D eigenvalue weighted by molar-refractivity contribution is -0.137. The van der Waals surface area contributed by atoms with Crippen LogP contribution < -0.4 is 15.4 Å². The Labute approximate surface area is 245 Å². The van der Waals surface area contributed by atoms with E-state index in [9.17, 15) is 26.4 Å². The standard InChI is InChI=1S/C32H36F3N3O3S/c33-32(34,35)25-11-7-14-27(19-25)42(40,41)38-30(23-8-2-1-3-9-23)20-31(39)37-29-15-6-10-24-18-22(16-17-28(24)29)21-36-26-12-4-5-13-26/h1-3,7-9,11,14,16-19,26,29-30,36,38H,4-6,10,12-13,15,20-21H2,(H,37,39)/t29-,30-/m1/s1. The van der Waals surface area contributed by atoms with Crippen molar-refractivity contribution in [2.45, 2.75) is 87.1 Å². The first-order chi connectivity index (χ1) is 20.1. The molecule has 0 saturated heterocycles. The molecule has 5 rings (SSSR count). The summed E-state index contributed by atoms with van der Waals surface area (Å²) >= 11 is 0. The number of carbonyl (C=O) groups excluding carboxylic acids is 1. The van der Waals surface area contributed by atoms with E-state index in [1.165, 1.54) is 36.8 Å². The van der Waals surface area contributed by atoms with E-state index >= 15 is 0 Å². The Morgan fingerprint density at radius 1 is 0.905 bits per heavy atom. The van der Waals surface area contributed by atoms with Gasteiger partial charge >= 0.3 is 6.18 Å². The van der Waals surface area contributed by atoms with E-state index in [1.807, 2.05) is 0 Å². The van der Waals surface area contributed by atoms with Crippen molar-refractivity contribution < 1.29 is 26.4 Å². The maximum absolute atomic E-state index is 13.3. The van der Waals surface area contributed by atoms with Gasteiger partial charge in [-0.2, -0.15) is 13.2 Å². The van der Waals surface area contributed by atoms with Crippen molar-refractivity contribution in [1.82, 2.24) is 15.4 Å². The number of hydrogen-bond acceptors (Lipinski definition) is 4. The Morgan fingerprint density at radius 3 is 2.40 bits per heavy atom. The molecule has 0 aliphatic heterocycles. The van der Waals surface area contributed by atoms with Crippen molar-refractivity contribution in [1.29, 1.82) is 0 Å². The third kappa shape index (κ3) is 7.59. The van der Waals surface area contributed by atoms with Crippen LogP contribution in [0, 0.1) is 0 Å². The number of sulfonamides is 1. The van der Waals surface area contributed by atoms with Crippen LogP contribution in [0.25, 0.3) is 0 Å². The zero-order chi connectivity index (χ0) is 29.7. The molecule has 1 amide bonds. The average Bonchev–Trinajstić information content (AvgIpc) is 3.50. The van der Waals surface area contributed by atoms with Gasteiger partial charge in [-0.15, -0.1) is 0 Å². The minimum Gasteiger partial charge on any atom is -0.349 e. The summed E-state index contributed by atoms with van der Waals surface area (Å²) in [5.74, 6) is -0.347. The third-order valence-corrected chi connectivity index (χ3v) is 9.64. The molecule has 2 aliphatic rings. The van der Waals surface area contributed by atoms with Crippen LogP contribution in [0.5, 0.6) is 0 Å². The van der Waals surface area contributed by atoms with Gasteiger partial charge in [-0.1, -0.05) is 67.4 Å². The Bertz CT molecular complexity index is 1490. The lowest BCUT2D eigenvalue weighted by atomic mass is 9.86. The summed E-state index contributed by atoms with van der Waals surface area (Å²) < 4.78 is 68.6. The third-order valence-electron chi connectivity index (χ3n) is 8.17. The molecule has 2 atom stereocenters. The predicted molar refractivity (Wildman–Crippen MR) is 155 cm³/mol. The van der Waals surface area contributed by atoms with Gasteiger partial charge in [0.25, 0.3) is 0 Å². The Balaban J connectivity index is 1.29. The van der Waals surface area contributed by atoms with Crippen LogP contribution in [0.3, 0.4) is 0 Å². The minimum absolute atomic E-state index is 0.199. The first kappa shape index (κ1) is 30.3. The molecule has 3 aromatic rings. The molecule has 224 valence electrons. The number of rotatable bonds is 10. The van der Waals surface area contributed by atoms with Crippen molar-refractivity contribution in [3.05, 3.63) is 101 Å². The molecular weight excluding hydrogens is 563 g/mol. The van der Waals surface area contributed by atoms with Crippen molar-refractivity contribution in [3.63, 3.8) is 0 Å². The first-order valence-corrected chi connectivity index (χ1v) is 16.0. The number of alkyl halides is 3. The topological polar surface area (TPSA) is 87.3 Å². The van der Waals surface area contributed by atoms with Gasteiger partial charge in [-0.25, -0.2) is 13.1 Å². The lowest BCUT2D eigenvalue weighted by Crippen LogP contribution is -2.36. The Kier molecular flexibility index (Phi) is 9.35. The molecule has 0 bridgehead atoms. The Hall–Kier alpha value is -3.21. The highest BCUT2D eigenvalue weighted by Crippen LogP contribution is 2.33. The summed E-state index contributed by atoms with van der Waals surface area (Å²) in [6.07, 6.45) is 2.72. The molecule has 0 radical (unpaired) electrons. The van der Waals surface area contributed by atoms with Gasteiger partial charge in [-0.3, -0.25) is 4.79 Å². The van der Waals surface area contributed by atoms with Crippen LogP contribution in [0.2, 0.25) is 0 Å². The molecule has 0 aromatic heterocycles. The van der Waals surface area contributed by atoms with Crippen LogP contribution in [0.1, 0.15) is 84.8 Å². The fourth-order valence-electron chi connectivity index (χ4n) is 5.97. The number of nitrogens with one attached hydrogen (secondary N) is 3. The zero-order valence-corrected chi connectivity index (χ0v) is 24.1. The number of fused-ring (bicyclic) bond motifs is 1. The largest absolute Gasteiger partial charge is 0.416 e. The maximum Gasteiger partial charge on any atom is 0.416 e. The van der Waals surface area contributed by atoms with Crippen molar-refractivity contribution in [2.24, 2.45) is 0 Å². The highest BCUT2D eigenvalue weighted by atomic mass is 32.2. The van der Waals surface area contributed by atoms with Gasteiger partial charge in [0.15, 0.2) is 0 Å². The van der Waals surface area contributed by atoms with Gasteiger partial charge in [0, 0.05) is 19.0 Å². The normalized spacial score (nSPS) is 18.4. The summed E-state index contributed by atoms with van der Waals surface area (Å²) in [5, 5.41) is 6.73. The molecular formula is C32H36F3N3O3S. The van der Waals surface area contributed by atoms with Crippen LogP contribution in [0.4, 0.5) is 13.2 Å². The van der Waals surface area contributed by atoms with Crippen LogP contribution in [-0.4, -0.2) is 20.4 Å². The summed E-state index contributed by atoms with van der Waals surface area (Å²) in [6.45, 7) is 0.819. The van der Waals surface area contributed by atoms with Crippen molar-refractivity contribution >= 4 is 15.9 Å². The molecule has 0 spiro atoms. The highest BCUT2D eigenvalue weighted by Gasteiger charge is 2.33. The maximum atomic E-state index is 13.3. The number of halogens is 3. The summed E-state index contributed by atoms with van der Waals surface area (Å²) in [6, 6.07) is 17.9. The van der Waals surface area contributed by atoms with E-state index in [2.05, 4.69) is 33.6 Å². The molecule has 0 unspecified atom stereocenters. The molecule has 3 aromatic carbocycles. The second-order valence-corrected chi connectivity index (χ2v) is 12.9. The van der Waals surface area contributed by atoms with Gasteiger partial charge in [-0.05, 0) is 72.6 Å². The minimum atomic E-state index is -4.69. The number of aryl methyl sites for hydroxylation is 1. The highest BCUT2D eigenvalue weighted by molar-refractivity contribution is 7.89. The van der Waals surface area contributed by atoms with Gasteiger partial charge in [0.1, 0.15) is 0 Å². The fraction of sp³-hybridized carbons (Fsp3) is 0.406. The molecule has 1 fully saturated rings. The SMILES string of the molecule is O=C(C[C@@H](NS(=O)(=O)c1cccc(C(F)(F)F)c1)c1ccccc1)N[C@@H]1CCCc2cc(CNC3CCCC3)ccc21. The average molecular weight is 600 g/mol. The van der Waals surface area contributed by atoms with E-state index in [4.69, 9.17) is 0 Å². The summed E-state index contributed by atoms with van der Waals surface area (Å²) in [4.78, 5) is 12.8. The fourth-order valence-corrected chi connectivity index (χ4v) is 7.24. The summed E-state index contributed by atoms with van der Waals surface area (Å²) in [7, 11) is -4.37. The quantitative estimate of drug-likeness (QED) is 0.254. The van der Waals surface area contributed by atoms with Gasteiger partial charge in [0.2, 0.25) is 15.9 Å². The van der Waals surface area contributed by atoms with Crippen molar-refractivity contribution in [2.75, 3.05) is 0 Å². The molecule has 1 saturated carbocycles. The second-order valence-electron chi connectivity index (χ2n) is 11.2. The number of amides is 1. The van der Waals surface area contributed by atoms with Crippen LogP contribution in [-0.2, 0) is 34.0 Å². The monoisotopic (exact) mass is 599 g/mol. The van der Waals surface area contributed by atoms with E-state index in [1.54, 1.807) is 30.3 Å². The molecule has 42 heavy (non-hydrogen) atoms. The molecule has 0 heterocycles. The molecule has 10 heteroatoms. The number of hydrogen-bond donors (Lipinski definition) is 3. The smallest absolute Gasteiger partial charge is 0.349 e. The molecule has 2 aliphatic carbocycles. The Morgan fingerprint density at radius 2 is 1.67 bits per heavy atom. The van der Waals surface area contributed by atoms with E-state index in [0.29, 0.717) is 17.7 Å². The van der Waals surface area contributed by atoms with Crippen LogP contribution >= 0.6 is 0 Å². The molecule has 3 N–H and O–H groups in total. The molecule has 6 nitrogen and oxygen atoms in total. The van der Waals surface area contributed by atoms with Crippen molar-refractivity contribution in [3.8, 4) is 0 Å². The van der Waals surface area contributed by atoms with Gasteiger partial charge < -0.3 is 10.6 Å². The van der Waals surface area contributed by atoms with Gasteiger partial charge in [0.05, 0.1) is 22.5 Å². The van der Waals surface area contributed by atoms with Crippen LogP contribution in [0.15, 0.2) is 77.7 Å². The second kappa shape index (κ2) is 13.0. The number of carbonyl (C=O) groups is 1.